The van der Waals surface area contributed by atoms with Crippen LogP contribution in [0, 0.1) is 19.8 Å². The number of aliphatic hydroxyl groups excluding tert-OH is 1. The lowest BCUT2D eigenvalue weighted by Gasteiger charge is -2.19. The first-order valence-electron chi connectivity index (χ1n) is 5.60. The van der Waals surface area contributed by atoms with Gasteiger partial charge in [0.2, 0.25) is 0 Å². The van der Waals surface area contributed by atoms with E-state index in [1.54, 1.807) is 0 Å². The molecule has 3 N–H and O–H groups in total. The summed E-state index contributed by atoms with van der Waals surface area (Å²) in [7, 11) is 0. The zero-order chi connectivity index (χ0) is 11.0. The van der Waals surface area contributed by atoms with Crippen LogP contribution in [0.4, 0.5) is 0 Å². The van der Waals surface area contributed by atoms with Gasteiger partial charge in [-0.15, -0.1) is 12.4 Å². The quantitative estimate of drug-likeness (QED) is 0.854. The normalized spacial score (nSPS) is 18.8. The highest BCUT2D eigenvalue weighted by molar-refractivity contribution is 5.85. The highest BCUT2D eigenvalue weighted by Gasteiger charge is 2.34. The zero-order valence-corrected chi connectivity index (χ0v) is 10.6. The summed E-state index contributed by atoms with van der Waals surface area (Å²) in [5.41, 5.74) is 9.55. The van der Waals surface area contributed by atoms with Crippen molar-refractivity contribution in [1.82, 2.24) is 0 Å². The SMILES string of the molecule is Cc1cc(C)cc([C@H](N)[C@H](O)C2CC2)c1.Cl. The van der Waals surface area contributed by atoms with Crippen LogP contribution in [0.15, 0.2) is 18.2 Å². The van der Waals surface area contributed by atoms with E-state index in [0.29, 0.717) is 5.92 Å². The molecule has 1 aromatic rings. The van der Waals surface area contributed by atoms with Crippen molar-refractivity contribution in [3.05, 3.63) is 34.9 Å². The molecular weight excluding hydrogens is 222 g/mol. The lowest BCUT2D eigenvalue weighted by Crippen LogP contribution is -2.28. The Balaban J connectivity index is 0.00000128. The fourth-order valence-electron chi connectivity index (χ4n) is 2.13. The van der Waals surface area contributed by atoms with Gasteiger partial charge in [0.05, 0.1) is 12.1 Å². The van der Waals surface area contributed by atoms with Crippen LogP contribution in [0.25, 0.3) is 0 Å². The molecule has 16 heavy (non-hydrogen) atoms. The average molecular weight is 242 g/mol. The van der Waals surface area contributed by atoms with Gasteiger partial charge in [-0.05, 0) is 38.2 Å². The monoisotopic (exact) mass is 241 g/mol. The van der Waals surface area contributed by atoms with Gasteiger partial charge in [0, 0.05) is 0 Å². The molecule has 2 nitrogen and oxygen atoms in total. The molecule has 3 heteroatoms. The Morgan fingerprint density at radius 1 is 1.19 bits per heavy atom. The molecule has 0 radical (unpaired) electrons. The van der Waals surface area contributed by atoms with Crippen molar-refractivity contribution >= 4 is 12.4 Å². The van der Waals surface area contributed by atoms with Crippen molar-refractivity contribution in [2.24, 2.45) is 11.7 Å². The molecule has 2 rings (SSSR count). The maximum Gasteiger partial charge on any atom is 0.0760 e. The van der Waals surface area contributed by atoms with Crippen molar-refractivity contribution in [2.45, 2.75) is 38.8 Å². The highest BCUT2D eigenvalue weighted by Crippen LogP contribution is 2.37. The maximum atomic E-state index is 9.97. The van der Waals surface area contributed by atoms with Gasteiger partial charge >= 0.3 is 0 Å². The molecule has 1 aromatic carbocycles. The summed E-state index contributed by atoms with van der Waals surface area (Å²) >= 11 is 0. The molecule has 1 aliphatic rings. The molecule has 0 heterocycles. The summed E-state index contributed by atoms with van der Waals surface area (Å²) in [4.78, 5) is 0. The van der Waals surface area contributed by atoms with E-state index in [1.807, 2.05) is 0 Å². The molecule has 1 saturated carbocycles. The van der Waals surface area contributed by atoms with E-state index in [4.69, 9.17) is 5.73 Å². The number of rotatable bonds is 3. The Morgan fingerprint density at radius 2 is 1.69 bits per heavy atom. The largest absolute Gasteiger partial charge is 0.391 e. The first kappa shape index (κ1) is 13.5. The standard InChI is InChI=1S/C13H19NO.ClH/c1-8-5-9(2)7-11(6-8)12(14)13(15)10-3-4-10;/h5-7,10,12-13,15H,3-4,14H2,1-2H3;1H/t12-,13+;/m0./s1. The minimum Gasteiger partial charge on any atom is -0.391 e. The zero-order valence-electron chi connectivity index (χ0n) is 9.81. The second-order valence-corrected chi connectivity index (χ2v) is 4.77. The number of aryl methyl sites for hydroxylation is 2. The second kappa shape index (κ2) is 5.17. The molecule has 0 bridgehead atoms. The van der Waals surface area contributed by atoms with Crippen LogP contribution < -0.4 is 5.73 Å². The summed E-state index contributed by atoms with van der Waals surface area (Å²) in [6.45, 7) is 4.12. The minimum atomic E-state index is -0.369. The van der Waals surface area contributed by atoms with E-state index >= 15 is 0 Å². The van der Waals surface area contributed by atoms with Crippen LogP contribution in [0.5, 0.6) is 0 Å². The Bertz CT molecular complexity index is 343. The van der Waals surface area contributed by atoms with E-state index in [9.17, 15) is 5.11 Å². The fourth-order valence-corrected chi connectivity index (χ4v) is 2.13. The van der Waals surface area contributed by atoms with Crippen molar-refractivity contribution < 1.29 is 5.11 Å². The van der Waals surface area contributed by atoms with Crippen molar-refractivity contribution in [3.63, 3.8) is 0 Å². The van der Waals surface area contributed by atoms with Crippen molar-refractivity contribution in [1.29, 1.82) is 0 Å². The molecule has 1 fully saturated rings. The molecule has 0 unspecified atom stereocenters. The van der Waals surface area contributed by atoms with Gasteiger partial charge in [-0.1, -0.05) is 29.3 Å². The van der Waals surface area contributed by atoms with Crippen molar-refractivity contribution in [3.8, 4) is 0 Å². The summed E-state index contributed by atoms with van der Waals surface area (Å²) in [6, 6.07) is 6.04. The molecule has 1 aliphatic carbocycles. The lowest BCUT2D eigenvalue weighted by molar-refractivity contribution is 0.122. The predicted octanol–water partition coefficient (Wildman–Crippen LogP) is 2.50. The smallest absolute Gasteiger partial charge is 0.0760 e. The fraction of sp³-hybridized carbons (Fsp3) is 0.538. The van der Waals surface area contributed by atoms with Crippen molar-refractivity contribution in [2.75, 3.05) is 0 Å². The van der Waals surface area contributed by atoms with E-state index in [2.05, 4.69) is 32.0 Å². The number of hydrogen-bond acceptors (Lipinski definition) is 2. The Morgan fingerprint density at radius 3 is 2.12 bits per heavy atom. The van der Waals surface area contributed by atoms with Crippen LogP contribution in [0.1, 0.15) is 35.6 Å². The topological polar surface area (TPSA) is 46.2 Å². The molecule has 2 atom stereocenters. The van der Waals surface area contributed by atoms with Gasteiger partial charge < -0.3 is 10.8 Å². The molecule has 0 spiro atoms. The van der Waals surface area contributed by atoms with Gasteiger partial charge in [0.25, 0.3) is 0 Å². The van der Waals surface area contributed by atoms with E-state index in [-0.39, 0.29) is 24.6 Å². The van der Waals surface area contributed by atoms with Crippen LogP contribution in [-0.4, -0.2) is 11.2 Å². The van der Waals surface area contributed by atoms with Crippen LogP contribution >= 0.6 is 12.4 Å². The second-order valence-electron chi connectivity index (χ2n) is 4.77. The molecule has 90 valence electrons. The molecular formula is C13H20ClNO. The van der Waals surface area contributed by atoms with Crippen LogP contribution in [-0.2, 0) is 0 Å². The third-order valence-electron chi connectivity index (χ3n) is 3.10. The number of hydrogen-bond donors (Lipinski definition) is 2. The van der Waals surface area contributed by atoms with Gasteiger partial charge in [-0.2, -0.15) is 0 Å². The first-order chi connectivity index (χ1) is 7.08. The summed E-state index contributed by atoms with van der Waals surface area (Å²) in [5.74, 6) is 0.431. The maximum absolute atomic E-state index is 9.97. The minimum absolute atomic E-state index is 0. The Hall–Kier alpha value is -0.570. The van der Waals surface area contributed by atoms with Gasteiger partial charge in [0.15, 0.2) is 0 Å². The van der Waals surface area contributed by atoms with Gasteiger partial charge in [0.1, 0.15) is 0 Å². The highest BCUT2D eigenvalue weighted by atomic mass is 35.5. The lowest BCUT2D eigenvalue weighted by atomic mass is 9.96. The van der Waals surface area contributed by atoms with E-state index in [0.717, 1.165) is 18.4 Å². The number of aliphatic hydroxyl groups is 1. The molecule has 0 aromatic heterocycles. The summed E-state index contributed by atoms with van der Waals surface area (Å²) < 4.78 is 0. The van der Waals surface area contributed by atoms with Gasteiger partial charge in [-0.25, -0.2) is 0 Å². The van der Waals surface area contributed by atoms with E-state index < -0.39 is 0 Å². The third kappa shape index (κ3) is 2.97. The van der Waals surface area contributed by atoms with Crippen LogP contribution in [0.2, 0.25) is 0 Å². The number of halogens is 1. The summed E-state index contributed by atoms with van der Waals surface area (Å²) in [5, 5.41) is 9.97. The van der Waals surface area contributed by atoms with E-state index in [1.165, 1.54) is 11.1 Å². The molecule has 0 saturated heterocycles. The number of benzene rings is 1. The Labute approximate surface area is 103 Å². The van der Waals surface area contributed by atoms with Gasteiger partial charge in [-0.3, -0.25) is 0 Å². The first-order valence-corrected chi connectivity index (χ1v) is 5.60. The summed E-state index contributed by atoms with van der Waals surface area (Å²) in [6.07, 6.45) is 1.88. The van der Waals surface area contributed by atoms with Crippen LogP contribution in [0.3, 0.4) is 0 Å². The third-order valence-corrected chi connectivity index (χ3v) is 3.10. The molecule has 0 amide bonds. The predicted molar refractivity (Wildman–Crippen MR) is 68.8 cm³/mol. The average Bonchev–Trinajstić information content (AvgIpc) is 2.97. The Kier molecular flexibility index (Phi) is 4.36. The molecule has 0 aliphatic heterocycles. The number of nitrogens with two attached hydrogens (primary N) is 1.